The van der Waals surface area contributed by atoms with Gasteiger partial charge in [0.1, 0.15) is 12.1 Å². The smallest absolute Gasteiger partial charge is 0.277 e. The molecule has 3 aromatic rings. The van der Waals surface area contributed by atoms with Crippen LogP contribution in [0.2, 0.25) is 0 Å². The van der Waals surface area contributed by atoms with Gasteiger partial charge in [-0.2, -0.15) is 0 Å². The summed E-state index contributed by atoms with van der Waals surface area (Å²) >= 11 is 0. The number of aromatic nitrogens is 2. The van der Waals surface area contributed by atoms with Crippen LogP contribution >= 0.6 is 0 Å². The Bertz CT molecular complexity index is 1400. The minimum atomic E-state index is -0.377. The van der Waals surface area contributed by atoms with E-state index in [0.29, 0.717) is 50.0 Å². The van der Waals surface area contributed by atoms with Crippen LogP contribution in [0.25, 0.3) is 11.5 Å². The van der Waals surface area contributed by atoms with Gasteiger partial charge in [-0.1, -0.05) is 0 Å². The van der Waals surface area contributed by atoms with Gasteiger partial charge in [-0.25, -0.2) is 9.97 Å². The number of fused-ring (bicyclic) bond motifs is 1. The normalized spacial score (nSPS) is 17.4. The van der Waals surface area contributed by atoms with Gasteiger partial charge in [0, 0.05) is 49.0 Å². The zero-order chi connectivity index (χ0) is 27.1. The van der Waals surface area contributed by atoms with E-state index in [1.165, 1.54) is 19.1 Å². The Morgan fingerprint density at radius 2 is 1.95 bits per heavy atom. The Hall–Kier alpha value is -3.92. The van der Waals surface area contributed by atoms with Gasteiger partial charge in [-0.05, 0) is 69.4 Å². The van der Waals surface area contributed by atoms with Crippen molar-refractivity contribution in [2.75, 3.05) is 48.4 Å². The molecule has 0 spiro atoms. The minimum Gasteiger partial charge on any atom is -0.444 e. The fraction of sp³-hybridized carbons (Fsp3) is 0.448. The second-order valence-corrected chi connectivity index (χ2v) is 11.4. The quantitative estimate of drug-likeness (QED) is 0.462. The molecule has 6 rings (SSSR count). The maximum atomic E-state index is 13.4. The number of ether oxygens (including phenoxy) is 1. The number of rotatable bonds is 7. The van der Waals surface area contributed by atoms with Gasteiger partial charge in [-0.3, -0.25) is 9.59 Å². The maximum absolute atomic E-state index is 13.4. The number of benzene rings is 1. The number of carbonyl (C=O) groups excluding carboxylic acids is 2. The van der Waals surface area contributed by atoms with E-state index in [4.69, 9.17) is 9.15 Å². The standard InChI is InChI=1S/C29H34N6O4/c1-29(2,3)35-16-20-12-22(24(14-21(20)28(35)37)34-8-10-38-11-9-34)32-26(36)23-17-39-27(33-23)19-6-7-30-25(13-19)31-15-18-4-5-18/h6-7,12-14,17-18H,4-5,8-11,15-16H2,1-3H3,(H,30,31)(H,32,36). The number of morpholine rings is 1. The fourth-order valence-corrected chi connectivity index (χ4v) is 4.99. The Kier molecular flexibility index (Phi) is 6.50. The van der Waals surface area contributed by atoms with Crippen molar-refractivity contribution in [2.24, 2.45) is 5.92 Å². The zero-order valence-electron chi connectivity index (χ0n) is 22.6. The van der Waals surface area contributed by atoms with Crippen LogP contribution in [0.4, 0.5) is 17.2 Å². The first kappa shape index (κ1) is 25.4. The topological polar surface area (TPSA) is 113 Å². The first-order valence-corrected chi connectivity index (χ1v) is 13.5. The molecular formula is C29H34N6O4. The van der Waals surface area contributed by atoms with Crippen molar-refractivity contribution in [1.82, 2.24) is 14.9 Å². The van der Waals surface area contributed by atoms with Crippen molar-refractivity contribution in [1.29, 1.82) is 0 Å². The molecule has 1 saturated heterocycles. The number of hydrogen-bond donors (Lipinski definition) is 2. The highest BCUT2D eigenvalue weighted by Gasteiger charge is 2.36. The van der Waals surface area contributed by atoms with Gasteiger partial charge in [0.25, 0.3) is 11.8 Å². The molecule has 0 atom stereocenters. The summed E-state index contributed by atoms with van der Waals surface area (Å²) < 4.78 is 11.2. The second kappa shape index (κ2) is 10.00. The van der Waals surface area contributed by atoms with Crippen LogP contribution in [0.15, 0.2) is 41.1 Å². The Morgan fingerprint density at radius 3 is 2.69 bits per heavy atom. The molecule has 2 amide bonds. The lowest BCUT2D eigenvalue weighted by molar-refractivity contribution is 0.0609. The molecule has 2 N–H and O–H groups in total. The number of carbonyl (C=O) groups is 2. The molecule has 10 heteroatoms. The lowest BCUT2D eigenvalue weighted by Crippen LogP contribution is -2.41. The maximum Gasteiger partial charge on any atom is 0.277 e. The van der Waals surface area contributed by atoms with Gasteiger partial charge in [0.15, 0.2) is 5.69 Å². The van der Waals surface area contributed by atoms with E-state index in [1.54, 1.807) is 6.20 Å². The van der Waals surface area contributed by atoms with Gasteiger partial charge >= 0.3 is 0 Å². The van der Waals surface area contributed by atoms with Gasteiger partial charge in [0.05, 0.1) is 24.6 Å². The zero-order valence-corrected chi connectivity index (χ0v) is 22.6. The fourth-order valence-electron chi connectivity index (χ4n) is 4.99. The van der Waals surface area contributed by atoms with Crippen molar-refractivity contribution in [3.05, 3.63) is 53.5 Å². The molecule has 3 aliphatic rings. The lowest BCUT2D eigenvalue weighted by Gasteiger charge is -2.31. The summed E-state index contributed by atoms with van der Waals surface area (Å²) in [7, 11) is 0. The molecule has 1 saturated carbocycles. The van der Waals surface area contributed by atoms with Gasteiger partial charge in [0.2, 0.25) is 5.89 Å². The number of pyridine rings is 1. The molecule has 0 unspecified atom stereocenters. The summed E-state index contributed by atoms with van der Waals surface area (Å²) in [5.41, 5.74) is 3.63. The average molecular weight is 531 g/mol. The Morgan fingerprint density at radius 1 is 1.15 bits per heavy atom. The van der Waals surface area contributed by atoms with Crippen LogP contribution in [0.1, 0.15) is 60.0 Å². The van der Waals surface area contributed by atoms with Crippen LogP contribution < -0.4 is 15.5 Å². The highest BCUT2D eigenvalue weighted by molar-refractivity contribution is 6.07. The van der Waals surface area contributed by atoms with Crippen molar-refractivity contribution < 1.29 is 18.7 Å². The average Bonchev–Trinajstić information content (AvgIpc) is 3.51. The van der Waals surface area contributed by atoms with Crippen LogP contribution in [0, 0.1) is 5.92 Å². The third-order valence-corrected chi connectivity index (χ3v) is 7.45. The molecule has 10 nitrogen and oxygen atoms in total. The van der Waals surface area contributed by atoms with Crippen molar-refractivity contribution in [2.45, 2.75) is 45.7 Å². The van der Waals surface area contributed by atoms with Crippen molar-refractivity contribution in [3.63, 3.8) is 0 Å². The van der Waals surface area contributed by atoms with E-state index < -0.39 is 0 Å². The largest absolute Gasteiger partial charge is 0.444 e. The highest BCUT2D eigenvalue weighted by Crippen LogP contribution is 2.37. The monoisotopic (exact) mass is 530 g/mol. The summed E-state index contributed by atoms with van der Waals surface area (Å²) in [4.78, 5) is 39.4. The molecule has 39 heavy (non-hydrogen) atoms. The third-order valence-electron chi connectivity index (χ3n) is 7.45. The summed E-state index contributed by atoms with van der Waals surface area (Å²) in [5, 5.41) is 6.39. The SMILES string of the molecule is CC(C)(C)N1Cc2cc(NC(=O)c3coc(-c4ccnc(NCC5CC5)c4)n3)c(N3CCOCC3)cc2C1=O. The van der Waals surface area contributed by atoms with E-state index in [0.717, 1.165) is 35.1 Å². The van der Waals surface area contributed by atoms with E-state index in [-0.39, 0.29) is 23.0 Å². The second-order valence-electron chi connectivity index (χ2n) is 11.4. The predicted molar refractivity (Wildman–Crippen MR) is 148 cm³/mol. The van der Waals surface area contributed by atoms with Crippen LogP contribution in [0.3, 0.4) is 0 Å². The summed E-state index contributed by atoms with van der Waals surface area (Å²) in [6, 6.07) is 7.52. The number of anilines is 3. The molecule has 4 heterocycles. The van der Waals surface area contributed by atoms with Gasteiger partial charge in [-0.15, -0.1) is 0 Å². The number of hydrogen-bond acceptors (Lipinski definition) is 8. The third kappa shape index (κ3) is 5.34. The molecule has 0 radical (unpaired) electrons. The molecule has 1 aliphatic carbocycles. The minimum absolute atomic E-state index is 0.00868. The van der Waals surface area contributed by atoms with Crippen molar-refractivity contribution in [3.8, 4) is 11.5 Å². The number of oxazole rings is 1. The molecule has 2 aromatic heterocycles. The summed E-state index contributed by atoms with van der Waals surface area (Å²) in [5.74, 6) is 1.47. The number of nitrogens with zero attached hydrogens (tertiary/aromatic N) is 4. The van der Waals surface area contributed by atoms with Crippen LogP contribution in [-0.4, -0.2) is 65.1 Å². The van der Waals surface area contributed by atoms with E-state index in [1.807, 2.05) is 49.9 Å². The van der Waals surface area contributed by atoms with Gasteiger partial charge < -0.3 is 29.6 Å². The Balaban J connectivity index is 1.25. The van der Waals surface area contributed by atoms with Crippen LogP contribution in [-0.2, 0) is 11.3 Å². The first-order chi connectivity index (χ1) is 18.8. The molecule has 204 valence electrons. The first-order valence-electron chi connectivity index (χ1n) is 13.5. The molecule has 0 bridgehead atoms. The van der Waals surface area contributed by atoms with E-state index >= 15 is 0 Å². The molecular weight excluding hydrogens is 496 g/mol. The molecule has 2 aliphatic heterocycles. The van der Waals surface area contributed by atoms with Crippen molar-refractivity contribution >= 4 is 29.0 Å². The Labute approximate surface area is 227 Å². The summed E-state index contributed by atoms with van der Waals surface area (Å²) in [6.45, 7) is 10.0. The predicted octanol–water partition coefficient (Wildman–Crippen LogP) is 4.40. The van der Waals surface area contributed by atoms with Crippen LogP contribution in [0.5, 0.6) is 0 Å². The van der Waals surface area contributed by atoms with E-state index in [2.05, 4.69) is 25.5 Å². The van der Waals surface area contributed by atoms with E-state index in [9.17, 15) is 9.59 Å². The number of nitrogens with one attached hydrogen (secondary N) is 2. The highest BCUT2D eigenvalue weighted by atomic mass is 16.5. The molecule has 1 aromatic carbocycles. The lowest BCUT2D eigenvalue weighted by atomic mass is 10.1. The molecule has 2 fully saturated rings. The summed E-state index contributed by atoms with van der Waals surface area (Å²) in [6.07, 6.45) is 5.59. The number of amides is 2.